The van der Waals surface area contributed by atoms with Crippen LogP contribution < -0.4 is 5.32 Å². The Hall–Kier alpha value is -1.13. The third-order valence-corrected chi connectivity index (χ3v) is 3.15. The largest absolute Gasteiger partial charge is 0.385 e. The number of hydrogen-bond donors (Lipinski definition) is 1. The molecule has 17 heavy (non-hydrogen) atoms. The maximum Gasteiger partial charge on any atom is 0.0710 e. The quantitative estimate of drug-likeness (QED) is 0.843. The Labute approximate surface area is 103 Å². The van der Waals surface area contributed by atoms with E-state index in [9.17, 15) is 0 Å². The third-order valence-electron chi connectivity index (χ3n) is 3.15. The molecule has 0 spiro atoms. The van der Waals surface area contributed by atoms with Gasteiger partial charge in [-0.05, 0) is 25.5 Å². The van der Waals surface area contributed by atoms with Crippen LogP contribution in [0.2, 0.25) is 0 Å². The van der Waals surface area contributed by atoms with Gasteiger partial charge in [-0.15, -0.1) is 0 Å². The van der Waals surface area contributed by atoms with Crippen LogP contribution in [0.1, 0.15) is 19.0 Å². The second-order valence-electron chi connectivity index (χ2n) is 4.45. The van der Waals surface area contributed by atoms with E-state index < -0.39 is 0 Å². The first-order chi connectivity index (χ1) is 8.31. The SMILES string of the molecule is CCNc1ccnc(CN2CCC(OC)C2)c1. The molecule has 0 saturated carbocycles. The predicted octanol–water partition coefficient (Wildman–Crippen LogP) is 1.73. The zero-order valence-electron chi connectivity index (χ0n) is 10.6. The minimum Gasteiger partial charge on any atom is -0.385 e. The normalized spacial score (nSPS) is 20.7. The first-order valence-electron chi connectivity index (χ1n) is 6.25. The van der Waals surface area contributed by atoms with Crippen molar-refractivity contribution in [3.63, 3.8) is 0 Å². The number of methoxy groups -OCH3 is 1. The summed E-state index contributed by atoms with van der Waals surface area (Å²) in [6, 6.07) is 4.14. The molecule has 1 saturated heterocycles. The molecule has 1 unspecified atom stereocenters. The number of nitrogens with zero attached hydrogens (tertiary/aromatic N) is 2. The summed E-state index contributed by atoms with van der Waals surface area (Å²) >= 11 is 0. The molecule has 1 aromatic rings. The second-order valence-corrected chi connectivity index (χ2v) is 4.45. The van der Waals surface area contributed by atoms with Gasteiger partial charge >= 0.3 is 0 Å². The van der Waals surface area contributed by atoms with Gasteiger partial charge in [0.15, 0.2) is 0 Å². The van der Waals surface area contributed by atoms with E-state index in [4.69, 9.17) is 4.74 Å². The van der Waals surface area contributed by atoms with Crippen molar-refractivity contribution < 1.29 is 4.74 Å². The van der Waals surface area contributed by atoms with Gasteiger partial charge in [0, 0.05) is 45.2 Å². The molecule has 0 aliphatic carbocycles. The Balaban J connectivity index is 1.92. The van der Waals surface area contributed by atoms with Gasteiger partial charge in [-0.2, -0.15) is 0 Å². The summed E-state index contributed by atoms with van der Waals surface area (Å²) in [7, 11) is 1.79. The van der Waals surface area contributed by atoms with Crippen LogP contribution in [0, 0.1) is 0 Å². The summed E-state index contributed by atoms with van der Waals surface area (Å²) in [5.41, 5.74) is 2.28. The number of rotatable bonds is 5. The van der Waals surface area contributed by atoms with E-state index in [1.807, 2.05) is 12.3 Å². The smallest absolute Gasteiger partial charge is 0.0710 e. The molecule has 1 aliphatic heterocycles. The molecule has 1 atom stereocenters. The first kappa shape index (κ1) is 12.3. The Morgan fingerprint density at radius 1 is 1.59 bits per heavy atom. The van der Waals surface area contributed by atoms with Crippen LogP contribution in [0.3, 0.4) is 0 Å². The number of hydrogen-bond acceptors (Lipinski definition) is 4. The lowest BCUT2D eigenvalue weighted by atomic mass is 10.3. The van der Waals surface area contributed by atoms with Crippen molar-refractivity contribution >= 4 is 5.69 Å². The maximum atomic E-state index is 5.37. The van der Waals surface area contributed by atoms with E-state index in [1.54, 1.807) is 7.11 Å². The van der Waals surface area contributed by atoms with E-state index in [-0.39, 0.29) is 0 Å². The molecule has 1 N–H and O–H groups in total. The Kier molecular flexibility index (Phi) is 4.34. The van der Waals surface area contributed by atoms with E-state index >= 15 is 0 Å². The lowest BCUT2D eigenvalue weighted by Gasteiger charge is -2.15. The van der Waals surface area contributed by atoms with E-state index in [0.717, 1.165) is 44.0 Å². The minimum absolute atomic E-state index is 0.395. The Morgan fingerprint density at radius 3 is 3.18 bits per heavy atom. The molecule has 1 aromatic heterocycles. The highest BCUT2D eigenvalue weighted by atomic mass is 16.5. The van der Waals surface area contributed by atoms with E-state index in [0.29, 0.717) is 6.10 Å². The fourth-order valence-electron chi connectivity index (χ4n) is 2.24. The number of pyridine rings is 1. The average molecular weight is 235 g/mol. The van der Waals surface area contributed by atoms with Crippen LogP contribution in [0.4, 0.5) is 5.69 Å². The molecule has 0 radical (unpaired) electrons. The molecule has 2 rings (SSSR count). The van der Waals surface area contributed by atoms with Crippen LogP contribution in [0.5, 0.6) is 0 Å². The summed E-state index contributed by atoms with van der Waals surface area (Å²) < 4.78 is 5.37. The number of aromatic nitrogens is 1. The van der Waals surface area contributed by atoms with Crippen LogP contribution in [-0.4, -0.2) is 42.7 Å². The summed E-state index contributed by atoms with van der Waals surface area (Å²) in [6.45, 7) is 6.08. The molecule has 2 heterocycles. The first-order valence-corrected chi connectivity index (χ1v) is 6.25. The highest BCUT2D eigenvalue weighted by Crippen LogP contribution is 2.16. The fourth-order valence-corrected chi connectivity index (χ4v) is 2.24. The molecule has 0 bridgehead atoms. The topological polar surface area (TPSA) is 37.4 Å². The molecule has 94 valence electrons. The van der Waals surface area contributed by atoms with Gasteiger partial charge in [-0.1, -0.05) is 0 Å². The number of ether oxygens (including phenoxy) is 1. The highest BCUT2D eigenvalue weighted by molar-refractivity contribution is 5.42. The zero-order chi connectivity index (χ0) is 12.1. The third kappa shape index (κ3) is 3.41. The van der Waals surface area contributed by atoms with Gasteiger partial charge in [0.25, 0.3) is 0 Å². The monoisotopic (exact) mass is 235 g/mol. The van der Waals surface area contributed by atoms with Crippen LogP contribution in [-0.2, 0) is 11.3 Å². The lowest BCUT2D eigenvalue weighted by molar-refractivity contribution is 0.107. The van der Waals surface area contributed by atoms with Gasteiger partial charge in [0.1, 0.15) is 0 Å². The summed E-state index contributed by atoms with van der Waals surface area (Å²) in [5, 5.41) is 3.31. The van der Waals surface area contributed by atoms with Crippen LogP contribution in [0.15, 0.2) is 18.3 Å². The lowest BCUT2D eigenvalue weighted by Crippen LogP contribution is -2.22. The Morgan fingerprint density at radius 2 is 2.47 bits per heavy atom. The van der Waals surface area contributed by atoms with E-state index in [2.05, 4.69) is 28.2 Å². The molecular weight excluding hydrogens is 214 g/mol. The van der Waals surface area contributed by atoms with E-state index in [1.165, 1.54) is 0 Å². The van der Waals surface area contributed by atoms with Gasteiger partial charge in [-0.3, -0.25) is 9.88 Å². The minimum atomic E-state index is 0.395. The maximum absolute atomic E-state index is 5.37. The van der Waals surface area contributed by atoms with Crippen molar-refractivity contribution in [1.82, 2.24) is 9.88 Å². The van der Waals surface area contributed by atoms with Crippen LogP contribution in [0.25, 0.3) is 0 Å². The predicted molar refractivity (Wildman–Crippen MR) is 69.1 cm³/mol. The fraction of sp³-hybridized carbons (Fsp3) is 0.615. The molecule has 1 fully saturated rings. The number of nitrogens with one attached hydrogen (secondary N) is 1. The van der Waals surface area contributed by atoms with Gasteiger partial charge in [0.2, 0.25) is 0 Å². The van der Waals surface area contributed by atoms with Crippen LogP contribution >= 0.6 is 0 Å². The zero-order valence-corrected chi connectivity index (χ0v) is 10.6. The second kappa shape index (κ2) is 5.98. The Bertz CT molecular complexity index is 356. The average Bonchev–Trinajstić information content (AvgIpc) is 2.78. The molecular formula is C13H21N3O. The molecule has 4 heteroatoms. The van der Waals surface area contributed by atoms with Crippen molar-refractivity contribution in [2.24, 2.45) is 0 Å². The van der Waals surface area contributed by atoms with Gasteiger partial charge in [0.05, 0.1) is 11.8 Å². The summed E-state index contributed by atoms with van der Waals surface area (Å²) in [4.78, 5) is 6.81. The summed E-state index contributed by atoms with van der Waals surface area (Å²) in [6.07, 6.45) is 3.40. The molecule has 1 aliphatic rings. The molecule has 0 amide bonds. The summed E-state index contributed by atoms with van der Waals surface area (Å²) in [5.74, 6) is 0. The number of anilines is 1. The molecule has 0 aromatic carbocycles. The standard InChI is InChI=1S/C13H21N3O/c1-3-14-11-4-6-15-12(8-11)9-16-7-5-13(10-16)17-2/h4,6,8,13H,3,5,7,9-10H2,1-2H3,(H,14,15). The number of likely N-dealkylation sites (tertiary alicyclic amines) is 1. The van der Waals surface area contributed by atoms with Crippen molar-refractivity contribution in [1.29, 1.82) is 0 Å². The molecule has 4 nitrogen and oxygen atoms in total. The van der Waals surface area contributed by atoms with Crippen molar-refractivity contribution in [2.75, 3.05) is 32.1 Å². The van der Waals surface area contributed by atoms with Gasteiger partial charge < -0.3 is 10.1 Å². The highest BCUT2D eigenvalue weighted by Gasteiger charge is 2.22. The van der Waals surface area contributed by atoms with Crippen molar-refractivity contribution in [2.45, 2.75) is 26.0 Å². The van der Waals surface area contributed by atoms with Gasteiger partial charge in [-0.25, -0.2) is 0 Å². The van der Waals surface area contributed by atoms with Crippen molar-refractivity contribution in [3.05, 3.63) is 24.0 Å². The van der Waals surface area contributed by atoms with Crippen molar-refractivity contribution in [3.8, 4) is 0 Å².